The van der Waals surface area contributed by atoms with Crippen LogP contribution in [0.2, 0.25) is 0 Å². The molecule has 0 aliphatic carbocycles. The Labute approximate surface area is 166 Å². The van der Waals surface area contributed by atoms with Gasteiger partial charge < -0.3 is 5.32 Å². The third-order valence-electron chi connectivity index (χ3n) is 4.97. The van der Waals surface area contributed by atoms with Gasteiger partial charge in [-0.3, -0.25) is 14.5 Å². The minimum Gasteiger partial charge on any atom is -0.323 e. The number of fused-ring (bicyclic) bond motifs is 2. The van der Waals surface area contributed by atoms with Gasteiger partial charge in [0.05, 0.1) is 23.4 Å². The van der Waals surface area contributed by atoms with Crippen LogP contribution >= 0.6 is 0 Å². The molecule has 29 heavy (non-hydrogen) atoms. The lowest BCUT2D eigenvalue weighted by molar-refractivity contribution is -0.115. The highest BCUT2D eigenvalue weighted by molar-refractivity contribution is 6.15. The van der Waals surface area contributed by atoms with E-state index in [0.29, 0.717) is 23.5 Å². The number of aromatic nitrogens is 3. The van der Waals surface area contributed by atoms with Crippen molar-refractivity contribution in [2.24, 2.45) is 0 Å². The van der Waals surface area contributed by atoms with E-state index in [2.05, 4.69) is 15.6 Å². The summed E-state index contributed by atoms with van der Waals surface area (Å²) < 4.78 is 1.83. The van der Waals surface area contributed by atoms with Crippen LogP contribution in [-0.2, 0) is 11.3 Å². The molecule has 2 amide bonds. The van der Waals surface area contributed by atoms with Crippen molar-refractivity contribution in [3.8, 4) is 0 Å². The normalized spacial score (nSPS) is 13.2. The van der Waals surface area contributed by atoms with Crippen LogP contribution in [0.15, 0.2) is 72.8 Å². The third-order valence-corrected chi connectivity index (χ3v) is 4.97. The lowest BCUT2D eigenvalue weighted by Gasteiger charge is -2.29. The Bertz CT molecular complexity index is 1230. The molecule has 0 saturated heterocycles. The van der Waals surface area contributed by atoms with Crippen molar-refractivity contribution in [1.82, 2.24) is 15.0 Å². The number of anilines is 2. The number of nitrogens with zero attached hydrogens (tertiary/aromatic N) is 4. The van der Waals surface area contributed by atoms with Crippen LogP contribution < -0.4 is 10.2 Å². The molecule has 2 heterocycles. The summed E-state index contributed by atoms with van der Waals surface area (Å²) in [6, 6.07) is 22.5. The van der Waals surface area contributed by atoms with E-state index in [0.717, 1.165) is 16.6 Å². The average Bonchev–Trinajstić information content (AvgIpc) is 3.16. The first-order chi connectivity index (χ1) is 14.2. The molecule has 1 aliphatic rings. The van der Waals surface area contributed by atoms with E-state index < -0.39 is 0 Å². The molecule has 7 nitrogen and oxygen atoms in total. The smallest absolute Gasteiger partial charge is 0.258 e. The summed E-state index contributed by atoms with van der Waals surface area (Å²) in [5.74, 6) is -0.406. The van der Waals surface area contributed by atoms with E-state index in [1.807, 2.05) is 59.3 Å². The Hall–Kier alpha value is -4.00. The van der Waals surface area contributed by atoms with E-state index >= 15 is 0 Å². The second kappa shape index (κ2) is 6.87. The van der Waals surface area contributed by atoms with Gasteiger partial charge in [0, 0.05) is 5.56 Å². The molecule has 0 fully saturated rings. The van der Waals surface area contributed by atoms with Crippen LogP contribution in [0.4, 0.5) is 11.4 Å². The van der Waals surface area contributed by atoms with Crippen molar-refractivity contribution in [3.63, 3.8) is 0 Å². The second-order valence-electron chi connectivity index (χ2n) is 6.89. The van der Waals surface area contributed by atoms with Crippen molar-refractivity contribution in [3.05, 3.63) is 83.9 Å². The molecule has 0 unspecified atom stereocenters. The molecule has 0 saturated carbocycles. The fourth-order valence-electron chi connectivity index (χ4n) is 3.53. The summed E-state index contributed by atoms with van der Waals surface area (Å²) in [5, 5.41) is 11.2. The number of para-hydroxylation sites is 3. The highest BCUT2D eigenvalue weighted by atomic mass is 16.2. The number of hydrogen-bond donors (Lipinski definition) is 1. The van der Waals surface area contributed by atoms with Gasteiger partial charge in [-0.1, -0.05) is 41.6 Å². The maximum atomic E-state index is 13.0. The topological polar surface area (TPSA) is 80.1 Å². The molecule has 0 spiro atoms. The van der Waals surface area contributed by atoms with Gasteiger partial charge in [-0.2, -0.15) is 0 Å². The maximum Gasteiger partial charge on any atom is 0.258 e. The van der Waals surface area contributed by atoms with Gasteiger partial charge in [0.25, 0.3) is 5.91 Å². The molecule has 0 radical (unpaired) electrons. The highest BCUT2D eigenvalue weighted by Gasteiger charge is 2.27. The first-order valence-corrected chi connectivity index (χ1v) is 9.27. The predicted molar refractivity (Wildman–Crippen MR) is 110 cm³/mol. The standard InChI is InChI=1S/C22H17N5O2/c28-21-14-26(19-7-3-1-5-17(19)23-21)22(29)16-11-9-15(10-12-16)13-27-20-8-4-2-6-18(20)24-25-27/h1-12H,13-14H2,(H,23,28). The van der Waals surface area contributed by atoms with E-state index in [1.165, 1.54) is 4.90 Å². The Morgan fingerprint density at radius 3 is 2.59 bits per heavy atom. The van der Waals surface area contributed by atoms with E-state index in [-0.39, 0.29) is 18.4 Å². The minimum absolute atomic E-state index is 0.00252. The van der Waals surface area contributed by atoms with Crippen LogP contribution in [0.25, 0.3) is 11.0 Å². The lowest BCUT2D eigenvalue weighted by atomic mass is 10.1. The highest BCUT2D eigenvalue weighted by Crippen LogP contribution is 2.30. The molecule has 4 aromatic rings. The Kier molecular flexibility index (Phi) is 4.05. The fourth-order valence-corrected chi connectivity index (χ4v) is 3.53. The van der Waals surface area contributed by atoms with Gasteiger partial charge in [-0.05, 0) is 42.0 Å². The van der Waals surface area contributed by atoms with Gasteiger partial charge in [-0.15, -0.1) is 5.10 Å². The zero-order valence-electron chi connectivity index (χ0n) is 15.4. The van der Waals surface area contributed by atoms with Crippen molar-refractivity contribution in [2.45, 2.75) is 6.54 Å². The third kappa shape index (κ3) is 3.12. The first kappa shape index (κ1) is 17.1. The molecular weight excluding hydrogens is 366 g/mol. The van der Waals surface area contributed by atoms with Crippen molar-refractivity contribution >= 4 is 34.2 Å². The molecule has 7 heteroatoms. The number of carbonyl (C=O) groups is 2. The Morgan fingerprint density at radius 1 is 0.966 bits per heavy atom. The average molecular weight is 383 g/mol. The van der Waals surface area contributed by atoms with Crippen LogP contribution in [0.3, 0.4) is 0 Å². The molecule has 1 aromatic heterocycles. The Morgan fingerprint density at radius 2 is 1.72 bits per heavy atom. The maximum absolute atomic E-state index is 13.0. The van der Waals surface area contributed by atoms with Crippen LogP contribution in [-0.4, -0.2) is 33.4 Å². The van der Waals surface area contributed by atoms with Crippen LogP contribution in [0.5, 0.6) is 0 Å². The number of benzene rings is 3. The lowest BCUT2D eigenvalue weighted by Crippen LogP contribution is -2.42. The van der Waals surface area contributed by atoms with Crippen LogP contribution in [0.1, 0.15) is 15.9 Å². The monoisotopic (exact) mass is 383 g/mol. The van der Waals surface area contributed by atoms with Gasteiger partial charge >= 0.3 is 0 Å². The molecule has 1 N–H and O–H groups in total. The summed E-state index contributed by atoms with van der Waals surface area (Å²) in [6.45, 7) is 0.562. The van der Waals surface area contributed by atoms with E-state index in [1.54, 1.807) is 18.2 Å². The summed E-state index contributed by atoms with van der Waals surface area (Å²) in [4.78, 5) is 26.5. The number of hydrogen-bond acceptors (Lipinski definition) is 4. The molecule has 142 valence electrons. The fraction of sp³-hybridized carbons (Fsp3) is 0.0909. The van der Waals surface area contributed by atoms with Crippen molar-refractivity contribution in [1.29, 1.82) is 0 Å². The van der Waals surface area contributed by atoms with Gasteiger partial charge in [0.15, 0.2) is 0 Å². The molecule has 0 bridgehead atoms. The minimum atomic E-state index is -0.204. The largest absolute Gasteiger partial charge is 0.323 e. The Balaban J connectivity index is 1.39. The zero-order valence-corrected chi connectivity index (χ0v) is 15.4. The summed E-state index contributed by atoms with van der Waals surface area (Å²) in [5.41, 5.74) is 4.70. The zero-order chi connectivity index (χ0) is 19.8. The molecule has 3 aromatic carbocycles. The molecule has 0 atom stereocenters. The molecule has 1 aliphatic heterocycles. The number of nitrogens with one attached hydrogen (secondary N) is 1. The molecular formula is C22H17N5O2. The van der Waals surface area contributed by atoms with Gasteiger partial charge in [0.2, 0.25) is 5.91 Å². The second-order valence-corrected chi connectivity index (χ2v) is 6.89. The van der Waals surface area contributed by atoms with Crippen molar-refractivity contribution in [2.75, 3.05) is 16.8 Å². The van der Waals surface area contributed by atoms with E-state index in [9.17, 15) is 9.59 Å². The number of amides is 2. The summed E-state index contributed by atoms with van der Waals surface area (Å²) in [6.07, 6.45) is 0. The molecule has 5 rings (SSSR count). The summed E-state index contributed by atoms with van der Waals surface area (Å²) in [7, 11) is 0. The number of carbonyl (C=O) groups excluding carboxylic acids is 2. The van der Waals surface area contributed by atoms with Crippen LogP contribution in [0, 0.1) is 0 Å². The summed E-state index contributed by atoms with van der Waals surface area (Å²) >= 11 is 0. The van der Waals surface area contributed by atoms with E-state index in [4.69, 9.17) is 0 Å². The number of rotatable bonds is 3. The first-order valence-electron chi connectivity index (χ1n) is 9.27. The van der Waals surface area contributed by atoms with Crippen molar-refractivity contribution < 1.29 is 9.59 Å². The van der Waals surface area contributed by atoms with Gasteiger partial charge in [0.1, 0.15) is 12.1 Å². The SMILES string of the molecule is O=C1CN(C(=O)c2ccc(Cn3nnc4ccccc43)cc2)c2ccccc2N1. The quantitative estimate of drug-likeness (QED) is 0.590. The van der Waals surface area contributed by atoms with Gasteiger partial charge in [-0.25, -0.2) is 4.68 Å². The predicted octanol–water partition coefficient (Wildman–Crippen LogP) is 3.08.